The maximum Gasteiger partial charge on any atom is 2.00 e. The third-order valence-electron chi connectivity index (χ3n) is 6.50. The van der Waals surface area contributed by atoms with Crippen LogP contribution < -0.4 is 0 Å². The van der Waals surface area contributed by atoms with Crippen LogP contribution in [0.5, 0.6) is 0 Å². The molecule has 0 aliphatic carbocycles. The Morgan fingerprint density at radius 1 is 0.351 bits per heavy atom. The van der Waals surface area contributed by atoms with Crippen molar-refractivity contribution in [2.75, 3.05) is 11.5 Å². The molecule has 0 saturated carbocycles. The molecular formula is C28H58BaO6S2. The molecule has 0 atom stereocenters. The Bertz CT molecular complexity index is 583. The summed E-state index contributed by atoms with van der Waals surface area (Å²) in [6, 6.07) is 0. The van der Waals surface area contributed by atoms with Gasteiger partial charge in [-0.25, -0.2) is 16.8 Å². The van der Waals surface area contributed by atoms with Gasteiger partial charge in [0.25, 0.3) is 0 Å². The molecule has 0 saturated heterocycles. The van der Waals surface area contributed by atoms with Crippen LogP contribution >= 0.6 is 0 Å². The van der Waals surface area contributed by atoms with Gasteiger partial charge in [-0.2, -0.15) is 0 Å². The molecule has 0 aliphatic heterocycles. The van der Waals surface area contributed by atoms with E-state index in [1.54, 1.807) is 0 Å². The van der Waals surface area contributed by atoms with Gasteiger partial charge in [-0.3, -0.25) is 0 Å². The average molecular weight is 692 g/mol. The minimum Gasteiger partial charge on any atom is -0.748 e. The Kier molecular flexibility index (Phi) is 37.0. The van der Waals surface area contributed by atoms with E-state index in [1.807, 2.05) is 0 Å². The SMILES string of the molecule is CCCCCCCCCCCCCCS(=O)(=O)[O-].CCCCCCCCCCCCCCS(=O)(=O)[O-].[Ba+2]. The van der Waals surface area contributed by atoms with Crippen molar-refractivity contribution in [2.45, 2.75) is 168 Å². The molecule has 0 spiro atoms. The van der Waals surface area contributed by atoms with Crippen molar-refractivity contribution in [2.24, 2.45) is 0 Å². The van der Waals surface area contributed by atoms with E-state index in [2.05, 4.69) is 13.8 Å². The van der Waals surface area contributed by atoms with Gasteiger partial charge in [-0.15, -0.1) is 0 Å². The maximum atomic E-state index is 10.4. The fourth-order valence-corrected chi connectivity index (χ4v) is 5.36. The van der Waals surface area contributed by atoms with Crippen LogP contribution in [0.2, 0.25) is 0 Å². The summed E-state index contributed by atoms with van der Waals surface area (Å²) < 4.78 is 62.1. The summed E-state index contributed by atoms with van der Waals surface area (Å²) in [6.45, 7) is 4.47. The summed E-state index contributed by atoms with van der Waals surface area (Å²) in [6.07, 6.45) is 28.6. The summed E-state index contributed by atoms with van der Waals surface area (Å²) in [5.74, 6) is -0.380. The van der Waals surface area contributed by atoms with Gasteiger partial charge in [0.2, 0.25) is 0 Å². The second-order valence-corrected chi connectivity index (χ2v) is 13.3. The first-order valence-corrected chi connectivity index (χ1v) is 18.1. The molecule has 9 heteroatoms. The van der Waals surface area contributed by atoms with Crippen molar-refractivity contribution in [3.8, 4) is 0 Å². The summed E-state index contributed by atoms with van der Waals surface area (Å²) in [5.41, 5.74) is 0. The summed E-state index contributed by atoms with van der Waals surface area (Å²) in [4.78, 5) is 0. The summed E-state index contributed by atoms with van der Waals surface area (Å²) >= 11 is 0. The molecule has 37 heavy (non-hydrogen) atoms. The van der Waals surface area contributed by atoms with Gasteiger partial charge in [0.05, 0.1) is 20.2 Å². The zero-order valence-electron chi connectivity index (χ0n) is 24.4. The summed E-state index contributed by atoms with van der Waals surface area (Å²) in [5, 5.41) is 0. The van der Waals surface area contributed by atoms with E-state index in [0.29, 0.717) is 12.8 Å². The van der Waals surface area contributed by atoms with E-state index >= 15 is 0 Å². The van der Waals surface area contributed by atoms with Gasteiger partial charge in [-0.05, 0) is 12.8 Å². The second-order valence-electron chi connectivity index (χ2n) is 10.3. The molecule has 0 N–H and O–H groups in total. The first-order valence-electron chi connectivity index (χ1n) is 15.0. The predicted molar refractivity (Wildman–Crippen MR) is 157 cm³/mol. The van der Waals surface area contributed by atoms with Gasteiger partial charge in [-0.1, -0.05) is 155 Å². The molecular weight excluding hydrogens is 634 g/mol. The number of rotatable bonds is 26. The number of unbranched alkanes of at least 4 members (excludes halogenated alkanes) is 22. The molecule has 0 bridgehead atoms. The smallest absolute Gasteiger partial charge is 0.748 e. The van der Waals surface area contributed by atoms with E-state index in [-0.39, 0.29) is 60.4 Å². The molecule has 0 radical (unpaired) electrons. The Hall–Kier alpha value is 1.39. The zero-order valence-corrected chi connectivity index (χ0v) is 30.4. The molecule has 0 heterocycles. The fraction of sp³-hybridized carbons (Fsp3) is 1.00. The van der Waals surface area contributed by atoms with Crippen molar-refractivity contribution >= 4 is 69.1 Å². The number of hydrogen-bond acceptors (Lipinski definition) is 6. The minimum absolute atomic E-state index is 0. The van der Waals surface area contributed by atoms with E-state index in [1.165, 1.54) is 116 Å². The normalized spacial score (nSPS) is 11.6. The van der Waals surface area contributed by atoms with Gasteiger partial charge in [0.1, 0.15) is 0 Å². The van der Waals surface area contributed by atoms with Crippen LogP contribution in [0.15, 0.2) is 0 Å². The largest absolute Gasteiger partial charge is 2.00 e. The molecule has 0 aliphatic rings. The van der Waals surface area contributed by atoms with Gasteiger partial charge >= 0.3 is 48.9 Å². The van der Waals surface area contributed by atoms with E-state index in [0.717, 1.165) is 25.7 Å². The second kappa shape index (κ2) is 31.9. The Morgan fingerprint density at radius 3 is 0.676 bits per heavy atom. The van der Waals surface area contributed by atoms with Crippen LogP contribution in [-0.4, -0.2) is 86.3 Å². The van der Waals surface area contributed by atoms with E-state index < -0.39 is 20.2 Å². The molecule has 0 amide bonds. The standard InChI is InChI=1S/2C14H30O3S.Ba/c2*1-2-3-4-5-6-7-8-9-10-11-12-13-14-18(15,16)17;/h2*2-14H2,1H3,(H,15,16,17);/q;;+2/p-2. The number of hydrogen-bond donors (Lipinski definition) is 0. The quantitative estimate of drug-likeness (QED) is 0.0515. The van der Waals surface area contributed by atoms with Crippen LogP contribution in [0.25, 0.3) is 0 Å². The maximum absolute atomic E-state index is 10.4. The fourth-order valence-electron chi connectivity index (χ4n) is 4.24. The van der Waals surface area contributed by atoms with E-state index in [4.69, 9.17) is 0 Å². The van der Waals surface area contributed by atoms with Crippen LogP contribution in [0.4, 0.5) is 0 Å². The van der Waals surface area contributed by atoms with Crippen molar-refractivity contribution < 1.29 is 25.9 Å². The summed E-state index contributed by atoms with van der Waals surface area (Å²) in [7, 11) is -7.97. The van der Waals surface area contributed by atoms with Crippen molar-refractivity contribution in [1.29, 1.82) is 0 Å². The Labute approximate surface area is 271 Å². The van der Waals surface area contributed by atoms with Gasteiger partial charge in [0.15, 0.2) is 0 Å². The van der Waals surface area contributed by atoms with Crippen molar-refractivity contribution in [1.82, 2.24) is 0 Å². The molecule has 0 unspecified atom stereocenters. The average Bonchev–Trinajstić information content (AvgIpc) is 2.79. The molecule has 0 aromatic rings. The topological polar surface area (TPSA) is 114 Å². The molecule has 0 fully saturated rings. The van der Waals surface area contributed by atoms with Gasteiger partial charge in [0, 0.05) is 11.5 Å². The third-order valence-corrected chi connectivity index (χ3v) is 8.07. The predicted octanol–water partition coefficient (Wildman–Crippen LogP) is 8.08. The van der Waals surface area contributed by atoms with Gasteiger partial charge < -0.3 is 9.11 Å². The van der Waals surface area contributed by atoms with Crippen molar-refractivity contribution in [3.05, 3.63) is 0 Å². The van der Waals surface area contributed by atoms with Crippen LogP contribution in [0.3, 0.4) is 0 Å². The van der Waals surface area contributed by atoms with E-state index in [9.17, 15) is 25.9 Å². The van der Waals surface area contributed by atoms with Crippen LogP contribution in [0.1, 0.15) is 168 Å². The molecule has 220 valence electrons. The van der Waals surface area contributed by atoms with Crippen molar-refractivity contribution in [3.63, 3.8) is 0 Å². The van der Waals surface area contributed by atoms with Crippen LogP contribution in [0, 0.1) is 0 Å². The Balaban J connectivity index is -0.000000608. The zero-order chi connectivity index (χ0) is 27.4. The first-order chi connectivity index (χ1) is 17.1. The third kappa shape index (κ3) is 47.5. The molecule has 0 rings (SSSR count). The molecule has 6 nitrogen and oxygen atoms in total. The Morgan fingerprint density at radius 2 is 0.514 bits per heavy atom. The molecule has 0 aromatic carbocycles. The monoisotopic (exact) mass is 692 g/mol. The minimum atomic E-state index is -3.99. The molecule has 0 aromatic heterocycles. The first kappa shape index (κ1) is 42.9. The van der Waals surface area contributed by atoms with Crippen LogP contribution in [-0.2, 0) is 20.2 Å².